The summed E-state index contributed by atoms with van der Waals surface area (Å²) in [6.45, 7) is 4.02. The largest absolute Gasteiger partial charge is 0.399 e. The predicted octanol–water partition coefficient (Wildman–Crippen LogP) is 2.42. The lowest BCUT2D eigenvalue weighted by molar-refractivity contribution is 0.0811. The van der Waals surface area contributed by atoms with Gasteiger partial charge in [0, 0.05) is 16.7 Å². The summed E-state index contributed by atoms with van der Waals surface area (Å²) in [4.78, 5) is 12.0. The van der Waals surface area contributed by atoms with Gasteiger partial charge < -0.3 is 5.73 Å². The molecule has 0 atom stereocenters. The molecule has 2 nitrogen and oxygen atoms in total. The highest BCUT2D eigenvalue weighted by Crippen LogP contribution is 2.35. The first-order valence-electron chi connectivity index (χ1n) is 4.94. The number of ketones is 1. The van der Waals surface area contributed by atoms with Crippen LogP contribution in [0.15, 0.2) is 18.2 Å². The van der Waals surface area contributed by atoms with Crippen molar-refractivity contribution in [2.24, 2.45) is 5.41 Å². The minimum atomic E-state index is -0.205. The van der Waals surface area contributed by atoms with Crippen molar-refractivity contribution < 1.29 is 4.79 Å². The van der Waals surface area contributed by atoms with Gasteiger partial charge in [-0.3, -0.25) is 4.79 Å². The Bertz CT molecular complexity index is 393. The van der Waals surface area contributed by atoms with Gasteiger partial charge in [0.1, 0.15) is 0 Å². The van der Waals surface area contributed by atoms with E-state index in [2.05, 4.69) is 0 Å². The lowest BCUT2D eigenvalue weighted by atomic mass is 9.73. The molecule has 1 aliphatic carbocycles. The number of carbonyl (C=O) groups excluding carboxylic acids is 1. The Labute approximate surface area is 84.1 Å². The Morgan fingerprint density at radius 3 is 2.79 bits per heavy atom. The van der Waals surface area contributed by atoms with Crippen molar-refractivity contribution >= 4 is 11.5 Å². The normalized spacial score (nSPS) is 19.1. The second-order valence-corrected chi connectivity index (χ2v) is 4.63. The van der Waals surface area contributed by atoms with E-state index in [4.69, 9.17) is 5.73 Å². The molecule has 1 aliphatic rings. The number of nitrogens with two attached hydrogens (primary N) is 1. The van der Waals surface area contributed by atoms with Crippen LogP contribution in [0.4, 0.5) is 5.69 Å². The van der Waals surface area contributed by atoms with Gasteiger partial charge in [0.25, 0.3) is 0 Å². The SMILES string of the molecule is CC1(C)CCc2cc(N)ccc2C1=O. The number of hydrogen-bond donors (Lipinski definition) is 1. The van der Waals surface area contributed by atoms with Crippen molar-refractivity contribution in [2.45, 2.75) is 26.7 Å². The molecule has 74 valence electrons. The van der Waals surface area contributed by atoms with Gasteiger partial charge in [0.15, 0.2) is 5.78 Å². The average molecular weight is 189 g/mol. The molecule has 0 unspecified atom stereocenters. The Hall–Kier alpha value is -1.31. The molecule has 0 spiro atoms. The van der Waals surface area contributed by atoms with E-state index in [-0.39, 0.29) is 11.2 Å². The monoisotopic (exact) mass is 189 g/mol. The molecular weight excluding hydrogens is 174 g/mol. The summed E-state index contributed by atoms with van der Waals surface area (Å²) in [6.07, 6.45) is 1.88. The van der Waals surface area contributed by atoms with Crippen LogP contribution in [0, 0.1) is 5.41 Å². The zero-order valence-corrected chi connectivity index (χ0v) is 8.63. The number of fused-ring (bicyclic) bond motifs is 1. The molecular formula is C12H15NO. The minimum absolute atomic E-state index is 0.205. The van der Waals surface area contributed by atoms with Gasteiger partial charge in [-0.05, 0) is 36.6 Å². The van der Waals surface area contributed by atoms with Crippen LogP contribution in [-0.4, -0.2) is 5.78 Å². The molecule has 0 amide bonds. The van der Waals surface area contributed by atoms with Crippen molar-refractivity contribution in [2.75, 3.05) is 5.73 Å². The minimum Gasteiger partial charge on any atom is -0.399 e. The third-order valence-corrected chi connectivity index (χ3v) is 3.01. The first-order chi connectivity index (χ1) is 6.50. The van der Waals surface area contributed by atoms with Gasteiger partial charge in [-0.25, -0.2) is 0 Å². The van der Waals surface area contributed by atoms with Crippen LogP contribution in [-0.2, 0) is 6.42 Å². The van der Waals surface area contributed by atoms with Crippen molar-refractivity contribution in [1.29, 1.82) is 0 Å². The molecule has 0 saturated heterocycles. The maximum Gasteiger partial charge on any atom is 0.168 e. The summed E-state index contributed by atoms with van der Waals surface area (Å²) in [6, 6.07) is 5.58. The van der Waals surface area contributed by atoms with Crippen molar-refractivity contribution in [3.63, 3.8) is 0 Å². The van der Waals surface area contributed by atoms with Crippen LogP contribution in [0.5, 0.6) is 0 Å². The van der Waals surface area contributed by atoms with Crippen LogP contribution in [0.2, 0.25) is 0 Å². The quantitative estimate of drug-likeness (QED) is 0.637. The van der Waals surface area contributed by atoms with Crippen molar-refractivity contribution in [1.82, 2.24) is 0 Å². The lowest BCUT2D eigenvalue weighted by Gasteiger charge is -2.29. The van der Waals surface area contributed by atoms with Gasteiger partial charge in [-0.2, -0.15) is 0 Å². The molecule has 0 heterocycles. The Kier molecular flexibility index (Phi) is 1.88. The van der Waals surface area contributed by atoms with E-state index in [9.17, 15) is 4.79 Å². The zero-order chi connectivity index (χ0) is 10.3. The molecule has 0 aliphatic heterocycles. The number of carbonyl (C=O) groups is 1. The van der Waals surface area contributed by atoms with Crippen molar-refractivity contribution in [3.05, 3.63) is 29.3 Å². The smallest absolute Gasteiger partial charge is 0.168 e. The molecule has 2 rings (SSSR count). The van der Waals surface area contributed by atoms with E-state index >= 15 is 0 Å². The van der Waals surface area contributed by atoms with Crippen molar-refractivity contribution in [3.8, 4) is 0 Å². The number of Topliss-reactive ketones (excluding diaryl/α,β-unsaturated/α-hetero) is 1. The summed E-state index contributed by atoms with van der Waals surface area (Å²) < 4.78 is 0. The fourth-order valence-electron chi connectivity index (χ4n) is 1.97. The molecule has 0 fully saturated rings. The number of benzene rings is 1. The maximum atomic E-state index is 12.0. The highest BCUT2D eigenvalue weighted by Gasteiger charge is 2.33. The van der Waals surface area contributed by atoms with Crippen LogP contribution in [0.25, 0.3) is 0 Å². The third-order valence-electron chi connectivity index (χ3n) is 3.01. The molecule has 1 aromatic rings. The van der Waals surface area contributed by atoms with E-state index in [1.54, 1.807) is 6.07 Å². The lowest BCUT2D eigenvalue weighted by Crippen LogP contribution is -2.30. The van der Waals surface area contributed by atoms with Gasteiger partial charge in [0.2, 0.25) is 0 Å². The maximum absolute atomic E-state index is 12.0. The molecule has 0 aromatic heterocycles. The van der Waals surface area contributed by atoms with E-state index in [1.807, 2.05) is 26.0 Å². The highest BCUT2D eigenvalue weighted by atomic mass is 16.1. The average Bonchev–Trinajstić information content (AvgIpc) is 2.12. The van der Waals surface area contributed by atoms with Gasteiger partial charge in [0.05, 0.1) is 0 Å². The fraction of sp³-hybridized carbons (Fsp3) is 0.417. The van der Waals surface area contributed by atoms with Crippen LogP contribution in [0.3, 0.4) is 0 Å². The van der Waals surface area contributed by atoms with Gasteiger partial charge in [-0.15, -0.1) is 0 Å². The molecule has 0 radical (unpaired) electrons. The third kappa shape index (κ3) is 1.31. The first-order valence-corrected chi connectivity index (χ1v) is 4.94. The van der Waals surface area contributed by atoms with E-state index in [0.717, 1.165) is 29.7 Å². The summed E-state index contributed by atoms with van der Waals surface area (Å²) in [7, 11) is 0. The Morgan fingerprint density at radius 1 is 1.36 bits per heavy atom. The first kappa shape index (κ1) is 9.25. The Balaban J connectivity index is 2.52. The van der Waals surface area contributed by atoms with Crippen LogP contribution >= 0.6 is 0 Å². The summed E-state index contributed by atoms with van der Waals surface area (Å²) in [5.41, 5.74) is 8.19. The van der Waals surface area contributed by atoms with Crippen LogP contribution in [0.1, 0.15) is 36.2 Å². The number of rotatable bonds is 0. The molecule has 2 heteroatoms. The van der Waals surface area contributed by atoms with E-state index in [1.165, 1.54) is 0 Å². The summed E-state index contributed by atoms with van der Waals surface area (Å²) >= 11 is 0. The molecule has 0 bridgehead atoms. The molecule has 14 heavy (non-hydrogen) atoms. The van der Waals surface area contributed by atoms with E-state index < -0.39 is 0 Å². The number of aryl methyl sites for hydroxylation is 1. The van der Waals surface area contributed by atoms with Crippen LogP contribution < -0.4 is 5.73 Å². The number of nitrogen functional groups attached to an aromatic ring is 1. The second kappa shape index (κ2) is 2.84. The standard InChI is InChI=1S/C12H15NO/c1-12(2)6-5-8-7-9(13)3-4-10(8)11(12)14/h3-4,7H,5-6,13H2,1-2H3. The number of hydrogen-bond acceptors (Lipinski definition) is 2. The second-order valence-electron chi connectivity index (χ2n) is 4.63. The summed E-state index contributed by atoms with van der Waals surface area (Å²) in [5.74, 6) is 0.249. The predicted molar refractivity (Wildman–Crippen MR) is 57.3 cm³/mol. The van der Waals surface area contributed by atoms with E-state index in [0.29, 0.717) is 0 Å². The highest BCUT2D eigenvalue weighted by molar-refractivity contribution is 6.02. The molecule has 2 N–H and O–H groups in total. The Morgan fingerprint density at radius 2 is 2.07 bits per heavy atom. The molecule has 1 aromatic carbocycles. The fourth-order valence-corrected chi connectivity index (χ4v) is 1.97. The zero-order valence-electron chi connectivity index (χ0n) is 8.63. The van der Waals surface area contributed by atoms with Gasteiger partial charge in [-0.1, -0.05) is 13.8 Å². The summed E-state index contributed by atoms with van der Waals surface area (Å²) in [5, 5.41) is 0. The topological polar surface area (TPSA) is 43.1 Å². The van der Waals surface area contributed by atoms with Gasteiger partial charge >= 0.3 is 0 Å². The number of anilines is 1. The molecule has 0 saturated carbocycles.